The van der Waals surface area contributed by atoms with Crippen molar-refractivity contribution >= 4 is 29.0 Å². The van der Waals surface area contributed by atoms with Gasteiger partial charge in [-0.2, -0.15) is 5.10 Å². The van der Waals surface area contributed by atoms with Crippen LogP contribution in [0.5, 0.6) is 5.75 Å². The second kappa shape index (κ2) is 12.6. The van der Waals surface area contributed by atoms with E-state index in [1.807, 2.05) is 61.3 Å². The molecule has 3 heterocycles. The van der Waals surface area contributed by atoms with Gasteiger partial charge in [-0.05, 0) is 67.6 Å². The van der Waals surface area contributed by atoms with Crippen LogP contribution in [-0.4, -0.2) is 70.7 Å². The number of hydrogen-bond donors (Lipinski definition) is 1. The molecule has 3 aromatic rings. The number of hydrogen-bond acceptors (Lipinski definition) is 6. The van der Waals surface area contributed by atoms with Gasteiger partial charge >= 0.3 is 0 Å². The number of rotatable bonds is 8. The molecule has 0 bridgehead atoms. The summed E-state index contributed by atoms with van der Waals surface area (Å²) in [5.74, 6) is 1.74. The molecule has 42 heavy (non-hydrogen) atoms. The molecule has 2 amide bonds. The van der Waals surface area contributed by atoms with Gasteiger partial charge in [-0.15, -0.1) is 0 Å². The number of fused-ring (bicyclic) bond motifs is 2. The highest BCUT2D eigenvalue weighted by Crippen LogP contribution is 2.36. The molecule has 1 aromatic heterocycles. The van der Waals surface area contributed by atoms with E-state index < -0.39 is 0 Å². The smallest absolute Gasteiger partial charge is 0.258 e. The number of ether oxygens (including phenoxy) is 1. The van der Waals surface area contributed by atoms with E-state index in [1.165, 1.54) is 6.42 Å². The van der Waals surface area contributed by atoms with Crippen molar-refractivity contribution < 1.29 is 14.3 Å². The summed E-state index contributed by atoms with van der Waals surface area (Å²) in [5, 5.41) is 7.80. The molecule has 1 N–H and O–H groups in total. The number of carbonyl (C=O) groups excluding carboxylic acids is 2. The highest BCUT2D eigenvalue weighted by Gasteiger charge is 2.27. The number of nitrogens with zero attached hydrogens (tertiary/aromatic N) is 5. The number of benzene rings is 2. The Morgan fingerprint density at radius 1 is 1.05 bits per heavy atom. The molecular formula is C33H44N6O3. The monoisotopic (exact) mass is 572 g/mol. The van der Waals surface area contributed by atoms with E-state index in [2.05, 4.69) is 36.1 Å². The van der Waals surface area contributed by atoms with Crippen molar-refractivity contribution in [3.05, 3.63) is 65.4 Å². The minimum Gasteiger partial charge on any atom is -0.493 e. The molecule has 0 aliphatic carbocycles. The number of aromatic nitrogens is 2. The largest absolute Gasteiger partial charge is 0.493 e. The molecule has 1 fully saturated rings. The number of amides is 2. The third-order valence-electron chi connectivity index (χ3n) is 8.15. The Hall–Kier alpha value is -3.85. The predicted octanol–water partition coefficient (Wildman–Crippen LogP) is 5.37. The topological polar surface area (TPSA) is 82.9 Å². The molecule has 2 aliphatic heterocycles. The molecule has 5 rings (SSSR count). The average molecular weight is 573 g/mol. The van der Waals surface area contributed by atoms with Crippen molar-refractivity contribution in [2.24, 2.45) is 12.5 Å². The summed E-state index contributed by atoms with van der Waals surface area (Å²) in [4.78, 5) is 32.8. The molecule has 9 nitrogen and oxygen atoms in total. The van der Waals surface area contributed by atoms with E-state index in [4.69, 9.17) is 4.74 Å². The first kappa shape index (κ1) is 29.6. The number of nitrogens with one attached hydrogen (secondary N) is 1. The van der Waals surface area contributed by atoms with E-state index in [9.17, 15) is 9.59 Å². The van der Waals surface area contributed by atoms with E-state index in [0.29, 0.717) is 37.0 Å². The molecule has 0 radical (unpaired) electrons. The van der Waals surface area contributed by atoms with Crippen molar-refractivity contribution in [2.75, 3.05) is 49.5 Å². The third-order valence-corrected chi connectivity index (χ3v) is 8.15. The van der Waals surface area contributed by atoms with Crippen molar-refractivity contribution in [1.82, 2.24) is 19.6 Å². The third kappa shape index (κ3) is 6.95. The quantitative estimate of drug-likeness (QED) is 0.366. The summed E-state index contributed by atoms with van der Waals surface area (Å²) in [6, 6.07) is 13.4. The summed E-state index contributed by atoms with van der Waals surface area (Å²) in [6.07, 6.45) is 4.11. The van der Waals surface area contributed by atoms with Crippen LogP contribution in [-0.2, 0) is 18.4 Å². The second-order valence-electron chi connectivity index (χ2n) is 12.6. The molecule has 0 unspecified atom stereocenters. The lowest BCUT2D eigenvalue weighted by Gasteiger charge is -2.36. The number of piperazine rings is 1. The van der Waals surface area contributed by atoms with Crippen LogP contribution in [0.25, 0.3) is 0 Å². The van der Waals surface area contributed by atoms with Gasteiger partial charge in [-0.3, -0.25) is 19.2 Å². The van der Waals surface area contributed by atoms with Crippen molar-refractivity contribution in [2.45, 2.75) is 53.5 Å². The number of para-hydroxylation sites is 2. The van der Waals surface area contributed by atoms with Crippen LogP contribution in [0.4, 0.5) is 17.2 Å². The second-order valence-corrected chi connectivity index (χ2v) is 12.6. The fraction of sp³-hybridized carbons (Fsp3) is 0.485. The summed E-state index contributed by atoms with van der Waals surface area (Å²) in [5.41, 5.74) is 4.47. The molecule has 2 aliphatic rings. The standard InChI is InChI=1S/C33H44N6O3/c1-24-21-25(32(41)39-23-26-22-34-36(5)31(26)35-27-9-6-7-10-28(27)39)12-13-29(24)42-20-8-11-30(40)38-18-16-37(17-19-38)15-14-33(2,3)4/h6-7,9-10,12-13,21-22,35H,8,11,14-20,23H2,1-5H3. The highest BCUT2D eigenvalue weighted by atomic mass is 16.5. The lowest BCUT2D eigenvalue weighted by atomic mass is 9.92. The van der Waals surface area contributed by atoms with Gasteiger partial charge < -0.3 is 19.9 Å². The van der Waals surface area contributed by atoms with Gasteiger partial charge in [-0.25, -0.2) is 0 Å². The summed E-state index contributed by atoms with van der Waals surface area (Å²) in [7, 11) is 1.89. The molecule has 224 valence electrons. The zero-order valence-corrected chi connectivity index (χ0v) is 25.7. The minimum atomic E-state index is -0.0836. The normalized spacial score (nSPS) is 15.5. The van der Waals surface area contributed by atoms with Gasteiger partial charge in [-0.1, -0.05) is 32.9 Å². The van der Waals surface area contributed by atoms with Crippen molar-refractivity contribution in [1.29, 1.82) is 0 Å². The summed E-state index contributed by atoms with van der Waals surface area (Å²) in [6.45, 7) is 14.3. The Balaban J connectivity index is 1.13. The Morgan fingerprint density at radius 3 is 2.55 bits per heavy atom. The van der Waals surface area contributed by atoms with Crippen molar-refractivity contribution in [3.63, 3.8) is 0 Å². The van der Waals surface area contributed by atoms with Crippen LogP contribution in [0.2, 0.25) is 0 Å². The van der Waals surface area contributed by atoms with Crippen LogP contribution < -0.4 is 15.0 Å². The summed E-state index contributed by atoms with van der Waals surface area (Å²) < 4.78 is 7.83. The number of carbonyl (C=O) groups is 2. The maximum absolute atomic E-state index is 13.8. The number of aryl methyl sites for hydroxylation is 2. The first-order valence-electron chi connectivity index (χ1n) is 15.0. The zero-order valence-electron chi connectivity index (χ0n) is 25.7. The van der Waals surface area contributed by atoms with Gasteiger partial charge in [0.2, 0.25) is 5.91 Å². The molecule has 0 atom stereocenters. The van der Waals surface area contributed by atoms with Gasteiger partial charge in [0.1, 0.15) is 11.6 Å². The first-order valence-corrected chi connectivity index (χ1v) is 15.0. The number of anilines is 3. The Bertz CT molecular complexity index is 1420. The Kier molecular flexibility index (Phi) is 8.87. The van der Waals surface area contributed by atoms with Crippen molar-refractivity contribution in [3.8, 4) is 5.75 Å². The average Bonchev–Trinajstić information content (AvgIpc) is 3.21. The molecule has 9 heteroatoms. The molecule has 0 saturated carbocycles. The van der Waals surface area contributed by atoms with E-state index >= 15 is 0 Å². The maximum atomic E-state index is 13.8. The zero-order chi connectivity index (χ0) is 29.9. The van der Waals surface area contributed by atoms with Gasteiger partial charge in [0.05, 0.1) is 30.7 Å². The van der Waals surface area contributed by atoms with Gasteiger partial charge in [0.15, 0.2) is 0 Å². The summed E-state index contributed by atoms with van der Waals surface area (Å²) >= 11 is 0. The maximum Gasteiger partial charge on any atom is 0.258 e. The minimum absolute atomic E-state index is 0.0836. The lowest BCUT2D eigenvalue weighted by Crippen LogP contribution is -2.49. The molecule has 0 spiro atoms. The predicted molar refractivity (Wildman–Crippen MR) is 166 cm³/mol. The van der Waals surface area contributed by atoms with E-state index in [-0.39, 0.29) is 11.8 Å². The molecular weight excluding hydrogens is 528 g/mol. The van der Waals surface area contributed by atoms with Crippen LogP contribution in [0.15, 0.2) is 48.7 Å². The van der Waals surface area contributed by atoms with Crippen LogP contribution in [0.3, 0.4) is 0 Å². The first-order chi connectivity index (χ1) is 20.1. The van der Waals surface area contributed by atoms with Crippen LogP contribution >= 0.6 is 0 Å². The van der Waals surface area contributed by atoms with Gasteiger partial charge in [0.25, 0.3) is 5.91 Å². The Morgan fingerprint density at radius 2 is 1.81 bits per heavy atom. The van der Waals surface area contributed by atoms with E-state index in [1.54, 1.807) is 15.8 Å². The molecule has 1 saturated heterocycles. The lowest BCUT2D eigenvalue weighted by molar-refractivity contribution is -0.133. The fourth-order valence-electron chi connectivity index (χ4n) is 5.52. The Labute approximate surface area is 249 Å². The fourth-order valence-corrected chi connectivity index (χ4v) is 5.52. The SMILES string of the molecule is Cc1cc(C(=O)N2Cc3cnn(C)c3Nc3ccccc32)ccc1OCCCC(=O)N1CCN(CCC(C)(C)C)CC1. The van der Waals surface area contributed by atoms with Gasteiger partial charge in [0, 0.05) is 50.8 Å². The van der Waals surface area contributed by atoms with Crippen LogP contribution in [0, 0.1) is 12.3 Å². The van der Waals surface area contributed by atoms with E-state index in [0.717, 1.165) is 66.8 Å². The van der Waals surface area contributed by atoms with Crippen LogP contribution in [0.1, 0.15) is 61.5 Å². The highest BCUT2D eigenvalue weighted by molar-refractivity contribution is 6.08. The molecule has 2 aromatic carbocycles.